The average Bonchev–Trinajstić information content (AvgIpc) is 0.822. The van der Waals surface area contributed by atoms with Gasteiger partial charge in [0.25, 0.3) is 0 Å². The minimum atomic E-state index is -0.207. The Morgan fingerprint density at radius 3 is 1.07 bits per heavy atom. The molecule has 0 saturated heterocycles. The summed E-state index contributed by atoms with van der Waals surface area (Å²) < 4.78 is 0. The molecule has 0 spiro atoms. The molecule has 7 aromatic rings. The summed E-state index contributed by atoms with van der Waals surface area (Å²) in [7, 11) is 7.79. The third-order valence-electron chi connectivity index (χ3n) is 17.7. The van der Waals surface area contributed by atoms with E-state index in [0.29, 0.717) is 143 Å². The van der Waals surface area contributed by atoms with Crippen LogP contribution in [0.5, 0.6) is 0 Å². The van der Waals surface area contributed by atoms with Crippen LogP contribution in [0.4, 0.5) is 11.4 Å². The lowest BCUT2D eigenvalue weighted by Gasteiger charge is -2.26. The van der Waals surface area contributed by atoms with Gasteiger partial charge in [0, 0.05) is 74.8 Å². The molecule has 7 aliphatic heterocycles. The first kappa shape index (κ1) is 111. The summed E-state index contributed by atoms with van der Waals surface area (Å²) in [6.45, 7) is 24.6. The highest BCUT2D eigenvalue weighted by Gasteiger charge is 2.22. The first-order valence-corrected chi connectivity index (χ1v) is 46.7. The predicted octanol–water partition coefficient (Wildman–Crippen LogP) is 15.3. The molecule has 14 rings (SSSR count). The number of rotatable bonds is 16. The Balaban J connectivity index is 0.000000215. The second-order valence-electron chi connectivity index (χ2n) is 31.0. The number of nitrogens with one attached hydrogen (secondary N) is 16. The molecule has 7 unspecified atom stereocenters. The Morgan fingerprint density at radius 2 is 0.652 bits per heavy atom. The van der Waals surface area contributed by atoms with E-state index in [2.05, 4.69) is 175 Å². The molecule has 7 atom stereocenters. The van der Waals surface area contributed by atoms with Crippen LogP contribution in [-0.4, -0.2) is 190 Å². The third-order valence-corrected chi connectivity index (χ3v) is 21.9. The lowest BCUT2D eigenvalue weighted by molar-refractivity contribution is 0.559. The number of hydrogen-bond donors (Lipinski definition) is 19. The molecule has 0 aromatic heterocycles. The number of nitrogens with zero attached hydrogens (tertiary/aromatic N) is 16. The third kappa shape index (κ3) is 41.4. The van der Waals surface area contributed by atoms with E-state index in [1.807, 2.05) is 179 Å². The van der Waals surface area contributed by atoms with Gasteiger partial charge in [-0.15, -0.1) is 0 Å². The van der Waals surface area contributed by atoms with E-state index in [4.69, 9.17) is 156 Å². The maximum atomic E-state index is 6.00. The lowest BCUT2D eigenvalue weighted by Crippen LogP contribution is -2.55. The predicted molar refractivity (Wildman–Crippen MR) is 572 cm³/mol. The van der Waals surface area contributed by atoms with Crippen molar-refractivity contribution in [3.8, 4) is 0 Å². The fourth-order valence-corrected chi connectivity index (χ4v) is 13.6. The Kier molecular flexibility index (Phi) is 46.2. The number of aliphatic imine (C=N–C) groups is 14. The number of anilines is 2. The van der Waals surface area contributed by atoms with Crippen molar-refractivity contribution >= 4 is 234 Å². The van der Waals surface area contributed by atoms with Crippen molar-refractivity contribution in [1.82, 2.24) is 84.2 Å². The lowest BCUT2D eigenvalue weighted by atomic mass is 10.1. The van der Waals surface area contributed by atoms with Crippen LogP contribution in [-0.2, 0) is 32.5 Å². The fraction of sp³-hybridized carbons (Fsp3) is 0.364. The molecule has 35 nitrogen and oxygen atoms in total. The normalized spacial score (nSPS) is 19.8. The van der Waals surface area contributed by atoms with Crippen molar-refractivity contribution in [1.29, 1.82) is 0 Å². The van der Waals surface area contributed by atoms with Crippen molar-refractivity contribution in [2.24, 2.45) is 87.1 Å². The van der Waals surface area contributed by atoms with Gasteiger partial charge < -0.3 is 74.9 Å². The number of halogens is 12. The summed E-state index contributed by atoms with van der Waals surface area (Å²) in [5.41, 5.74) is 23.8. The minimum absolute atomic E-state index is 0. The summed E-state index contributed by atoms with van der Waals surface area (Å²) in [5, 5.41) is 56.2. The molecule has 135 heavy (non-hydrogen) atoms. The molecule has 7 heterocycles. The number of guanidine groups is 14. The smallest absolute Gasteiger partial charge is 0.204 e. The second kappa shape index (κ2) is 56.0. The molecule has 22 N–H and O–H groups in total. The molecule has 47 heteroatoms. The highest BCUT2D eigenvalue weighted by Crippen LogP contribution is 2.29. The zero-order chi connectivity index (χ0) is 97.8. The van der Waals surface area contributed by atoms with Gasteiger partial charge >= 0.3 is 0 Å². The highest BCUT2D eigenvalue weighted by atomic mass is 35.5. The van der Waals surface area contributed by atoms with E-state index in [9.17, 15) is 0 Å². The van der Waals surface area contributed by atoms with Crippen LogP contribution >= 0.6 is 139 Å². The van der Waals surface area contributed by atoms with E-state index in [0.717, 1.165) is 86.3 Å². The topological polar surface area (TPSA) is 450 Å². The van der Waals surface area contributed by atoms with Gasteiger partial charge in [0.05, 0.1) is 69.9 Å². The molecule has 728 valence electrons. The van der Waals surface area contributed by atoms with Crippen LogP contribution in [0.25, 0.3) is 0 Å². The molecule has 0 amide bonds. The van der Waals surface area contributed by atoms with Crippen molar-refractivity contribution in [2.45, 2.75) is 171 Å². The Morgan fingerprint density at radius 1 is 0.319 bits per heavy atom. The van der Waals surface area contributed by atoms with E-state index in [1.165, 1.54) is 5.56 Å². The molecule has 7 aliphatic rings. The summed E-state index contributed by atoms with van der Waals surface area (Å²) in [5.74, 6) is 8.68. The number of benzene rings is 7. The monoisotopic (exact) mass is 2080 g/mol. The molecule has 0 fully saturated rings. The maximum Gasteiger partial charge on any atom is 0.204 e. The second-order valence-corrected chi connectivity index (χ2v) is 35.9. The van der Waals surface area contributed by atoms with Gasteiger partial charge in [-0.2, -0.15) is 0 Å². The van der Waals surface area contributed by atoms with E-state index in [-0.39, 0.29) is 56.6 Å². The van der Waals surface area contributed by atoms with Gasteiger partial charge in [-0.3, -0.25) is 47.2 Å². The molecule has 0 aliphatic carbocycles. The average molecular weight is 2090 g/mol. The van der Waals surface area contributed by atoms with Crippen molar-refractivity contribution in [3.05, 3.63) is 228 Å². The summed E-state index contributed by atoms with van der Waals surface area (Å²) in [6, 6.07) is 43.2. The minimum Gasteiger partial charge on any atom is -0.370 e. The van der Waals surface area contributed by atoms with Crippen LogP contribution in [0.1, 0.15) is 111 Å². The molecular weight excluding hydrogens is 1970 g/mol. The van der Waals surface area contributed by atoms with Gasteiger partial charge in [-0.1, -0.05) is 189 Å². The molecular formula is C88H117Cl12N35. The van der Waals surface area contributed by atoms with Crippen molar-refractivity contribution in [2.75, 3.05) is 51.9 Å². The zero-order valence-electron chi connectivity index (χ0n) is 76.3. The highest BCUT2D eigenvalue weighted by molar-refractivity contribution is 6.44. The van der Waals surface area contributed by atoms with Crippen molar-refractivity contribution in [3.63, 3.8) is 0 Å². The summed E-state index contributed by atoms with van der Waals surface area (Å²) in [6.07, 6.45) is 1.14. The largest absolute Gasteiger partial charge is 0.370 e. The van der Waals surface area contributed by atoms with Crippen LogP contribution in [0.2, 0.25) is 60.3 Å². The van der Waals surface area contributed by atoms with Crippen LogP contribution in [0, 0.1) is 0 Å². The summed E-state index contributed by atoms with van der Waals surface area (Å²) in [4.78, 5) is 64.6. The molecule has 0 saturated carbocycles. The number of nitrogens with two attached hydrogens (primary N) is 3. The summed E-state index contributed by atoms with van der Waals surface area (Å²) >= 11 is 70.9. The van der Waals surface area contributed by atoms with Gasteiger partial charge in [-0.05, 0) is 214 Å². The fourth-order valence-electron chi connectivity index (χ4n) is 11.7. The standard InChI is InChI=1S/C14H19Cl2N5.C14H20ClN5.C13H17Cl2N5.C13H18ClN5.C12H15Cl2N5.C11H13Cl2N5.C10H11Cl2N5.CH4/c1-8(2)18-14-20-9(3)19-13(21-14)17-7-10-4-5-11(15)12(16)6-10;1-10-17-13(19-14(18-10)20(2)3)16-8-7-11-5-4-6-12(15)9-11;1-7(2)16-12-17-8(3)18-13(20-12)19-9-4-5-10(14)11(15)6-9;1-9-16-12(18-13(17-9)19(2)3)15-8-10-4-6-11(14)7-5-10;1-7-17-11(15)19-12(18-7)16-5-4-8-2-3-9(13)10(14)6-8;1-6-16-10(14)18-11(17-6)15-5-7-2-3-8(12)9(13)4-7;1-5-14-9(13)17-10(15-5)16-6-2-3-7(11)8(12)4-6;/h4-6,8-9H,7H2,1-3H3,(H3,17,18,19,20,21);4-6,9-10H,7-8H2,1-3H3,(H2,16,17,18,19);4-8H,1-3H3,(H3,16,17,18,19,20);4-7,9H,8H2,1-3H3,(H2,15,16,17,18);2-3,6-7H,4-5H2,1H3,(H4,15,16,17,18,19);2-4,6H,5H2,1H3,(H4,14,15,16,17,18);2-5H,1H3,(H4,13,14,15,16,17);1H4. The SMILES string of the molecule is C.CC(C)NC1=NC(C)NC(=NCc2ccc(Cl)c(Cl)c2)N1.CC1N=C(N(C)C)NC(=NCCc2cccc(Cl)c2)N1.CC1N=C(N(C)C)NC(=NCc2ccc(Cl)cc2)N1.CC1N=C(N)NC(=NCCc2ccc(Cl)c(Cl)c2)N1.CC1N=C(N)NC(=NCc2ccc(Cl)c(Cl)c2)N1.CC1N=C(N)NC(Nc2ccc(Cl)c(Cl)c2)=N1.CC1N=C(Nc2ccc(Cl)c(Cl)c2)NC(NC(C)C)=N1. The first-order valence-electron chi connectivity index (χ1n) is 42.1. The first-order chi connectivity index (χ1) is 63.6. The van der Waals surface area contributed by atoms with E-state index >= 15 is 0 Å². The molecule has 0 radical (unpaired) electrons. The van der Waals surface area contributed by atoms with Crippen molar-refractivity contribution < 1.29 is 0 Å². The maximum absolute atomic E-state index is 6.00. The van der Waals surface area contributed by atoms with Crippen LogP contribution in [0.15, 0.2) is 209 Å². The quantitative estimate of drug-likeness (QED) is 0.0427. The molecule has 7 aromatic carbocycles. The van der Waals surface area contributed by atoms with Gasteiger partial charge in [0.15, 0.2) is 59.6 Å². The Hall–Kier alpha value is -10.8. The Bertz CT molecular complexity index is 5560. The zero-order valence-corrected chi connectivity index (χ0v) is 85.4. The van der Waals surface area contributed by atoms with Gasteiger partial charge in [0.1, 0.15) is 43.2 Å². The van der Waals surface area contributed by atoms with E-state index in [1.54, 1.807) is 54.6 Å². The van der Waals surface area contributed by atoms with Gasteiger partial charge in [-0.25, -0.2) is 59.9 Å². The van der Waals surface area contributed by atoms with E-state index < -0.39 is 0 Å². The number of hydrogen-bond acceptors (Lipinski definition) is 25. The molecule has 0 bridgehead atoms. The Labute approximate surface area is 849 Å². The van der Waals surface area contributed by atoms with Crippen LogP contribution in [0.3, 0.4) is 0 Å². The van der Waals surface area contributed by atoms with Gasteiger partial charge in [0.2, 0.25) is 23.8 Å². The van der Waals surface area contributed by atoms with Crippen LogP contribution < -0.4 is 102 Å².